The lowest BCUT2D eigenvalue weighted by molar-refractivity contribution is -0.131. The van der Waals surface area contributed by atoms with E-state index in [1.807, 2.05) is 18.7 Å². The van der Waals surface area contributed by atoms with Crippen molar-refractivity contribution in [3.63, 3.8) is 0 Å². The van der Waals surface area contributed by atoms with Crippen LogP contribution in [0.4, 0.5) is 0 Å². The van der Waals surface area contributed by atoms with Gasteiger partial charge in [-0.25, -0.2) is 0 Å². The third kappa shape index (κ3) is 2.18. The molecule has 0 fully saturated rings. The summed E-state index contributed by atoms with van der Waals surface area (Å²) in [6, 6.07) is 6.43. The molecule has 20 heavy (non-hydrogen) atoms. The molecule has 0 spiro atoms. The Bertz CT molecular complexity index is 569. The number of hydrogen-bond acceptors (Lipinski definition) is 2. The summed E-state index contributed by atoms with van der Waals surface area (Å²) < 4.78 is 2.27. The second kappa shape index (κ2) is 5.44. The van der Waals surface area contributed by atoms with Gasteiger partial charge in [0.2, 0.25) is 5.91 Å². The van der Waals surface area contributed by atoms with Crippen molar-refractivity contribution >= 4 is 17.2 Å². The minimum absolute atomic E-state index is 0.224. The first kappa shape index (κ1) is 13.4. The molecule has 4 heteroatoms. The van der Waals surface area contributed by atoms with Gasteiger partial charge in [-0.15, -0.1) is 11.3 Å². The van der Waals surface area contributed by atoms with Crippen LogP contribution in [0.2, 0.25) is 0 Å². The summed E-state index contributed by atoms with van der Waals surface area (Å²) in [6.45, 7) is 6.61. The van der Waals surface area contributed by atoms with E-state index in [1.165, 1.54) is 16.1 Å². The number of aromatic nitrogens is 1. The maximum atomic E-state index is 12.5. The zero-order valence-corrected chi connectivity index (χ0v) is 12.8. The van der Waals surface area contributed by atoms with Gasteiger partial charge in [-0.1, -0.05) is 0 Å². The van der Waals surface area contributed by atoms with E-state index < -0.39 is 0 Å². The molecule has 0 bridgehead atoms. The summed E-state index contributed by atoms with van der Waals surface area (Å²) >= 11 is 1.79. The summed E-state index contributed by atoms with van der Waals surface area (Å²) in [5, 5.41) is 2.14. The van der Waals surface area contributed by atoms with Crippen molar-refractivity contribution in [3.8, 4) is 0 Å². The molecule has 3 nitrogen and oxygen atoms in total. The SMILES string of the molecule is CCN(CC)C(=O)CC1c2sccc2Cn2cccc21. The number of hydrogen-bond donors (Lipinski definition) is 0. The van der Waals surface area contributed by atoms with Crippen LogP contribution in [-0.4, -0.2) is 28.5 Å². The zero-order chi connectivity index (χ0) is 14.1. The van der Waals surface area contributed by atoms with Gasteiger partial charge in [0.05, 0.1) is 0 Å². The molecule has 106 valence electrons. The minimum Gasteiger partial charge on any atom is -0.346 e. The van der Waals surface area contributed by atoms with Crippen molar-refractivity contribution < 1.29 is 4.79 Å². The van der Waals surface area contributed by atoms with Gasteiger partial charge in [0.1, 0.15) is 0 Å². The van der Waals surface area contributed by atoms with E-state index in [2.05, 4.69) is 34.3 Å². The number of rotatable bonds is 4. The van der Waals surface area contributed by atoms with Crippen LogP contribution in [0.3, 0.4) is 0 Å². The van der Waals surface area contributed by atoms with E-state index in [4.69, 9.17) is 0 Å². The van der Waals surface area contributed by atoms with Crippen LogP contribution in [0.1, 0.15) is 42.3 Å². The first-order valence-corrected chi connectivity index (χ1v) is 8.11. The molecule has 0 aliphatic carbocycles. The Morgan fingerprint density at radius 1 is 1.40 bits per heavy atom. The molecular formula is C16H20N2OS. The van der Waals surface area contributed by atoms with Crippen LogP contribution < -0.4 is 0 Å². The van der Waals surface area contributed by atoms with Crippen molar-refractivity contribution in [2.45, 2.75) is 32.7 Å². The van der Waals surface area contributed by atoms with E-state index >= 15 is 0 Å². The standard InChI is InChI=1S/C16H20N2OS/c1-3-17(4-2)15(19)10-13-14-6-5-8-18(14)11-12-7-9-20-16(12)13/h5-9,13H,3-4,10-11H2,1-2H3. The monoisotopic (exact) mass is 288 g/mol. The molecule has 1 amide bonds. The van der Waals surface area contributed by atoms with Crippen molar-refractivity contribution in [2.75, 3.05) is 13.1 Å². The van der Waals surface area contributed by atoms with Gasteiger partial charge >= 0.3 is 0 Å². The van der Waals surface area contributed by atoms with Crippen molar-refractivity contribution in [2.24, 2.45) is 0 Å². The molecule has 3 heterocycles. The van der Waals surface area contributed by atoms with Gasteiger partial charge in [-0.3, -0.25) is 4.79 Å². The van der Waals surface area contributed by atoms with E-state index in [1.54, 1.807) is 11.3 Å². The van der Waals surface area contributed by atoms with Gasteiger partial charge in [0, 0.05) is 48.7 Å². The Labute approximate surface area is 123 Å². The predicted molar refractivity (Wildman–Crippen MR) is 82.2 cm³/mol. The zero-order valence-electron chi connectivity index (χ0n) is 12.0. The smallest absolute Gasteiger partial charge is 0.223 e. The molecule has 1 unspecified atom stereocenters. The molecule has 0 saturated heterocycles. The highest BCUT2D eigenvalue weighted by molar-refractivity contribution is 7.10. The van der Waals surface area contributed by atoms with Crippen LogP contribution >= 0.6 is 11.3 Å². The molecule has 3 rings (SSSR count). The number of nitrogens with zero attached hydrogens (tertiary/aromatic N) is 2. The number of thiophene rings is 1. The molecule has 2 aromatic heterocycles. The Hall–Kier alpha value is -1.55. The van der Waals surface area contributed by atoms with Crippen LogP contribution in [-0.2, 0) is 11.3 Å². The molecule has 2 aromatic rings. The maximum Gasteiger partial charge on any atom is 0.223 e. The summed E-state index contributed by atoms with van der Waals surface area (Å²) in [4.78, 5) is 15.8. The molecule has 0 radical (unpaired) electrons. The van der Waals surface area contributed by atoms with Crippen molar-refractivity contribution in [3.05, 3.63) is 45.9 Å². The third-order valence-corrected chi connectivity index (χ3v) is 5.23. The molecule has 1 atom stereocenters. The predicted octanol–water partition coefficient (Wildman–Crippen LogP) is 3.30. The quantitative estimate of drug-likeness (QED) is 0.847. The maximum absolute atomic E-state index is 12.5. The summed E-state index contributed by atoms with van der Waals surface area (Å²) in [5.41, 5.74) is 2.65. The second-order valence-corrected chi connectivity index (χ2v) is 6.14. The van der Waals surface area contributed by atoms with Crippen molar-refractivity contribution in [1.82, 2.24) is 9.47 Å². The topological polar surface area (TPSA) is 25.2 Å². The Morgan fingerprint density at radius 3 is 2.95 bits per heavy atom. The largest absolute Gasteiger partial charge is 0.346 e. The fourth-order valence-electron chi connectivity index (χ4n) is 3.07. The molecule has 0 N–H and O–H groups in total. The van der Waals surface area contributed by atoms with Gasteiger partial charge in [-0.2, -0.15) is 0 Å². The third-order valence-electron chi connectivity index (χ3n) is 4.15. The van der Waals surface area contributed by atoms with Crippen molar-refractivity contribution in [1.29, 1.82) is 0 Å². The Balaban J connectivity index is 1.90. The van der Waals surface area contributed by atoms with E-state index in [9.17, 15) is 4.79 Å². The average molecular weight is 288 g/mol. The molecule has 0 aromatic carbocycles. The van der Waals surface area contributed by atoms with E-state index in [-0.39, 0.29) is 11.8 Å². The highest BCUT2D eigenvalue weighted by Crippen LogP contribution is 2.39. The molecular weight excluding hydrogens is 268 g/mol. The summed E-state index contributed by atoms with van der Waals surface area (Å²) in [6.07, 6.45) is 2.70. The van der Waals surface area contributed by atoms with Gasteiger partial charge in [0.25, 0.3) is 0 Å². The summed E-state index contributed by atoms with van der Waals surface area (Å²) in [7, 11) is 0. The average Bonchev–Trinajstić information content (AvgIpc) is 3.08. The first-order valence-electron chi connectivity index (χ1n) is 7.23. The lowest BCUT2D eigenvalue weighted by Gasteiger charge is -2.27. The highest BCUT2D eigenvalue weighted by Gasteiger charge is 2.29. The lowest BCUT2D eigenvalue weighted by atomic mass is 9.93. The van der Waals surface area contributed by atoms with Gasteiger partial charge < -0.3 is 9.47 Å². The minimum atomic E-state index is 0.224. The van der Waals surface area contributed by atoms with E-state index in [0.717, 1.165) is 19.6 Å². The second-order valence-electron chi connectivity index (χ2n) is 5.19. The molecule has 0 saturated carbocycles. The number of amides is 1. The van der Waals surface area contributed by atoms with Gasteiger partial charge in [0.15, 0.2) is 0 Å². The number of carbonyl (C=O) groups excluding carboxylic acids is 1. The normalized spacial score (nSPS) is 16.6. The van der Waals surface area contributed by atoms with Crippen LogP contribution in [0.5, 0.6) is 0 Å². The number of fused-ring (bicyclic) bond motifs is 2. The fraction of sp³-hybridized carbons (Fsp3) is 0.438. The first-order chi connectivity index (χ1) is 9.74. The van der Waals surface area contributed by atoms with E-state index in [0.29, 0.717) is 6.42 Å². The Kier molecular flexibility index (Phi) is 3.66. The Morgan fingerprint density at radius 2 is 2.20 bits per heavy atom. The van der Waals surface area contributed by atoms with Crippen LogP contribution in [0.15, 0.2) is 29.8 Å². The molecule has 1 aliphatic rings. The van der Waals surface area contributed by atoms with Crippen LogP contribution in [0, 0.1) is 0 Å². The highest BCUT2D eigenvalue weighted by atomic mass is 32.1. The summed E-state index contributed by atoms with van der Waals surface area (Å²) in [5.74, 6) is 0.482. The molecule has 1 aliphatic heterocycles. The fourth-order valence-corrected chi connectivity index (χ4v) is 4.10. The lowest BCUT2D eigenvalue weighted by Crippen LogP contribution is -2.32. The van der Waals surface area contributed by atoms with Crippen LogP contribution in [0.25, 0.3) is 0 Å². The number of carbonyl (C=O) groups is 1. The van der Waals surface area contributed by atoms with Gasteiger partial charge in [-0.05, 0) is 43.0 Å².